The zero-order valence-electron chi connectivity index (χ0n) is 7.93. The van der Waals surface area contributed by atoms with Gasteiger partial charge in [0.2, 0.25) is 0 Å². The summed E-state index contributed by atoms with van der Waals surface area (Å²) in [5, 5.41) is 3.01. The predicted molar refractivity (Wildman–Crippen MR) is 64.6 cm³/mol. The summed E-state index contributed by atoms with van der Waals surface area (Å²) in [7, 11) is 0. The van der Waals surface area contributed by atoms with Crippen molar-refractivity contribution in [2.75, 3.05) is 5.33 Å². The summed E-state index contributed by atoms with van der Waals surface area (Å²) >= 11 is 11.0. The summed E-state index contributed by atoms with van der Waals surface area (Å²) in [5.74, 6) is 0. The molecular formula is C10H12BrClOS. The van der Waals surface area contributed by atoms with Gasteiger partial charge >= 0.3 is 0 Å². The molecule has 1 aliphatic rings. The molecule has 0 radical (unpaired) electrons. The third kappa shape index (κ3) is 2.01. The van der Waals surface area contributed by atoms with Crippen molar-refractivity contribution in [3.05, 3.63) is 21.3 Å². The van der Waals surface area contributed by atoms with Crippen LogP contribution < -0.4 is 0 Å². The van der Waals surface area contributed by atoms with Crippen molar-refractivity contribution >= 4 is 38.9 Å². The molecular weight excluding hydrogens is 284 g/mol. The van der Waals surface area contributed by atoms with Crippen LogP contribution in [0.5, 0.6) is 0 Å². The van der Waals surface area contributed by atoms with E-state index in [4.69, 9.17) is 16.3 Å². The van der Waals surface area contributed by atoms with Crippen LogP contribution in [0.3, 0.4) is 0 Å². The van der Waals surface area contributed by atoms with E-state index in [0.29, 0.717) is 6.10 Å². The molecule has 1 aliphatic heterocycles. The maximum atomic E-state index is 6.00. The van der Waals surface area contributed by atoms with Crippen LogP contribution >= 0.6 is 38.9 Å². The van der Waals surface area contributed by atoms with Gasteiger partial charge in [-0.05, 0) is 36.8 Å². The average molecular weight is 296 g/mol. The van der Waals surface area contributed by atoms with Gasteiger partial charge in [0.1, 0.15) is 0 Å². The van der Waals surface area contributed by atoms with Crippen LogP contribution in [-0.4, -0.2) is 11.4 Å². The molecule has 14 heavy (non-hydrogen) atoms. The molecule has 2 rings (SSSR count). The zero-order valence-corrected chi connectivity index (χ0v) is 11.1. The lowest BCUT2D eigenvalue weighted by atomic mass is 9.95. The third-order valence-corrected chi connectivity index (χ3v) is 4.53. The maximum absolute atomic E-state index is 6.00. The number of alkyl halides is 1. The van der Waals surface area contributed by atoms with E-state index in [1.54, 1.807) is 11.3 Å². The molecule has 4 heteroatoms. The summed E-state index contributed by atoms with van der Waals surface area (Å²) in [4.78, 5) is 0. The van der Waals surface area contributed by atoms with E-state index in [2.05, 4.69) is 28.2 Å². The molecule has 1 nitrogen and oxygen atoms in total. The fraction of sp³-hybridized carbons (Fsp3) is 0.600. The molecule has 78 valence electrons. The van der Waals surface area contributed by atoms with E-state index in [9.17, 15) is 0 Å². The van der Waals surface area contributed by atoms with Gasteiger partial charge in [0.15, 0.2) is 0 Å². The van der Waals surface area contributed by atoms with Gasteiger partial charge in [-0.2, -0.15) is 0 Å². The Labute approximate surface area is 102 Å². The van der Waals surface area contributed by atoms with E-state index >= 15 is 0 Å². The molecule has 1 fully saturated rings. The summed E-state index contributed by atoms with van der Waals surface area (Å²) in [6.45, 7) is 2.15. The van der Waals surface area contributed by atoms with Gasteiger partial charge in [-0.1, -0.05) is 27.5 Å². The minimum absolute atomic E-state index is 0.123. The van der Waals surface area contributed by atoms with E-state index in [1.165, 1.54) is 5.56 Å². The van der Waals surface area contributed by atoms with Crippen LogP contribution in [0.2, 0.25) is 4.34 Å². The predicted octanol–water partition coefficient (Wildman–Crippen LogP) is 4.19. The highest BCUT2D eigenvalue weighted by molar-refractivity contribution is 9.09. The fourth-order valence-electron chi connectivity index (χ4n) is 1.83. The number of hydrogen-bond acceptors (Lipinski definition) is 2. The Kier molecular flexibility index (Phi) is 3.22. The number of rotatable bonds is 2. The molecule has 0 aliphatic carbocycles. The molecule has 2 heterocycles. The summed E-state index contributed by atoms with van der Waals surface area (Å²) in [6.07, 6.45) is 2.55. The lowest BCUT2D eigenvalue weighted by Crippen LogP contribution is -2.22. The second kappa shape index (κ2) is 4.12. The highest BCUT2D eigenvalue weighted by Gasteiger charge is 2.37. The van der Waals surface area contributed by atoms with Crippen molar-refractivity contribution < 1.29 is 4.74 Å². The van der Waals surface area contributed by atoms with Gasteiger partial charge in [0.25, 0.3) is 0 Å². The third-order valence-electron chi connectivity index (χ3n) is 2.72. The topological polar surface area (TPSA) is 9.23 Å². The lowest BCUT2D eigenvalue weighted by molar-refractivity contribution is -0.0218. The molecule has 0 saturated carbocycles. The first-order valence-electron chi connectivity index (χ1n) is 4.62. The smallest absolute Gasteiger partial charge is 0.0932 e. The number of halogens is 2. The van der Waals surface area contributed by atoms with Gasteiger partial charge in [-0.25, -0.2) is 0 Å². The standard InChI is InChI=1S/C10H12BrClOS/c1-10(3-2-8(5-11)13-10)7-4-9(12)14-6-7/h4,6,8H,2-3,5H2,1H3. The Bertz CT molecular complexity index is 328. The average Bonchev–Trinajstić information content (AvgIpc) is 2.73. The van der Waals surface area contributed by atoms with Crippen molar-refractivity contribution in [3.63, 3.8) is 0 Å². The fourth-order valence-corrected chi connectivity index (χ4v) is 3.29. The van der Waals surface area contributed by atoms with E-state index in [-0.39, 0.29) is 5.60 Å². The number of thiophene rings is 1. The quantitative estimate of drug-likeness (QED) is 0.743. The highest BCUT2D eigenvalue weighted by Crippen LogP contribution is 2.41. The Morgan fingerprint density at radius 3 is 3.07 bits per heavy atom. The Hall–Kier alpha value is 0.430. The first-order chi connectivity index (χ1) is 6.64. The van der Waals surface area contributed by atoms with Gasteiger partial charge in [-0.15, -0.1) is 11.3 Å². The maximum Gasteiger partial charge on any atom is 0.0932 e. The van der Waals surface area contributed by atoms with E-state index in [1.807, 2.05) is 6.07 Å². The molecule has 1 aromatic heterocycles. The SMILES string of the molecule is CC1(c2csc(Cl)c2)CCC(CBr)O1. The molecule has 0 aromatic carbocycles. The Morgan fingerprint density at radius 1 is 1.79 bits per heavy atom. The Morgan fingerprint density at radius 2 is 2.57 bits per heavy atom. The molecule has 1 aromatic rings. The Balaban J connectivity index is 2.18. The van der Waals surface area contributed by atoms with E-state index < -0.39 is 0 Å². The van der Waals surface area contributed by atoms with Gasteiger partial charge in [0, 0.05) is 5.33 Å². The van der Waals surface area contributed by atoms with Crippen LogP contribution in [0.4, 0.5) is 0 Å². The molecule has 2 atom stereocenters. The van der Waals surface area contributed by atoms with E-state index in [0.717, 1.165) is 22.5 Å². The van der Waals surface area contributed by atoms with Crippen molar-refractivity contribution in [1.29, 1.82) is 0 Å². The van der Waals surface area contributed by atoms with Crippen molar-refractivity contribution in [1.82, 2.24) is 0 Å². The van der Waals surface area contributed by atoms with Crippen LogP contribution in [0, 0.1) is 0 Å². The second-order valence-electron chi connectivity index (χ2n) is 3.80. The molecule has 2 unspecified atom stereocenters. The molecule has 0 spiro atoms. The monoisotopic (exact) mass is 294 g/mol. The molecule has 1 saturated heterocycles. The first-order valence-corrected chi connectivity index (χ1v) is 7.00. The van der Waals surface area contributed by atoms with Crippen molar-refractivity contribution in [2.45, 2.75) is 31.5 Å². The van der Waals surface area contributed by atoms with Crippen molar-refractivity contribution in [2.24, 2.45) is 0 Å². The highest BCUT2D eigenvalue weighted by atomic mass is 79.9. The van der Waals surface area contributed by atoms with Gasteiger partial charge < -0.3 is 4.74 Å². The summed E-state index contributed by atoms with van der Waals surface area (Å²) in [5.41, 5.74) is 1.10. The largest absolute Gasteiger partial charge is 0.366 e. The summed E-state index contributed by atoms with van der Waals surface area (Å²) in [6, 6.07) is 2.02. The number of hydrogen-bond donors (Lipinski definition) is 0. The molecule has 0 N–H and O–H groups in total. The van der Waals surface area contributed by atoms with Gasteiger partial charge in [0.05, 0.1) is 16.0 Å². The van der Waals surface area contributed by atoms with Gasteiger partial charge in [-0.3, -0.25) is 0 Å². The summed E-state index contributed by atoms with van der Waals surface area (Å²) < 4.78 is 6.84. The molecule has 0 bridgehead atoms. The van der Waals surface area contributed by atoms with Crippen LogP contribution in [0.25, 0.3) is 0 Å². The number of ether oxygens (including phenoxy) is 1. The second-order valence-corrected chi connectivity index (χ2v) is 5.99. The van der Waals surface area contributed by atoms with Crippen LogP contribution in [-0.2, 0) is 10.3 Å². The lowest BCUT2D eigenvalue weighted by Gasteiger charge is -2.23. The zero-order chi connectivity index (χ0) is 10.2. The van der Waals surface area contributed by atoms with Crippen LogP contribution in [0.15, 0.2) is 11.4 Å². The first kappa shape index (κ1) is 10.9. The minimum Gasteiger partial charge on any atom is -0.366 e. The van der Waals surface area contributed by atoms with Crippen LogP contribution in [0.1, 0.15) is 25.3 Å². The van der Waals surface area contributed by atoms with Crippen molar-refractivity contribution in [3.8, 4) is 0 Å². The normalized spacial score (nSPS) is 32.4. The minimum atomic E-state index is -0.123. The molecule has 0 amide bonds.